The number of carboxylic acids is 1. The molecule has 0 radical (unpaired) electrons. The lowest BCUT2D eigenvalue weighted by atomic mass is 10.2. The van der Waals surface area contributed by atoms with E-state index in [1.807, 2.05) is 18.2 Å². The Kier molecular flexibility index (Phi) is 5.49. The van der Waals surface area contributed by atoms with Gasteiger partial charge in [-0.1, -0.05) is 18.2 Å². The zero-order valence-corrected chi connectivity index (χ0v) is 15.5. The van der Waals surface area contributed by atoms with Crippen LogP contribution in [0.15, 0.2) is 34.7 Å². The number of furan rings is 1. The molecular formula is C17H20N2O7S. The number of carbonyl (C=O) groups excluding carboxylic acids is 1. The number of carboxylic acid groups (broad SMARTS) is 1. The van der Waals surface area contributed by atoms with Crippen molar-refractivity contribution in [3.05, 3.63) is 36.1 Å². The highest BCUT2D eigenvalue weighted by Crippen LogP contribution is 2.21. The maximum atomic E-state index is 12.7. The number of morpholine rings is 1. The number of sulfonamides is 1. The first-order valence-electron chi connectivity index (χ1n) is 8.30. The molecule has 0 bridgehead atoms. The van der Waals surface area contributed by atoms with Gasteiger partial charge >= 0.3 is 5.97 Å². The van der Waals surface area contributed by atoms with Crippen LogP contribution in [0.1, 0.15) is 10.6 Å². The molecule has 2 aromatic rings. The number of carbonyl (C=O) groups is 2. The first-order chi connectivity index (χ1) is 12.7. The lowest BCUT2D eigenvalue weighted by Crippen LogP contribution is -2.51. The molecule has 1 aliphatic heterocycles. The molecule has 1 fully saturated rings. The molecule has 1 amide bonds. The summed E-state index contributed by atoms with van der Waals surface area (Å²) in [5, 5.41) is 9.73. The first kappa shape index (κ1) is 19.3. The lowest BCUT2D eigenvalue weighted by molar-refractivity contribution is -0.137. The van der Waals surface area contributed by atoms with Crippen LogP contribution in [0.3, 0.4) is 0 Å². The first-order valence-corrected chi connectivity index (χ1v) is 10.2. The van der Waals surface area contributed by atoms with Crippen LogP contribution in [0.5, 0.6) is 0 Å². The third-order valence-corrected chi connectivity index (χ3v) is 5.47. The third kappa shape index (κ3) is 4.65. The fourth-order valence-electron chi connectivity index (χ4n) is 2.95. The van der Waals surface area contributed by atoms with Crippen LogP contribution in [0.25, 0.3) is 11.0 Å². The summed E-state index contributed by atoms with van der Waals surface area (Å²) in [6.07, 6.45) is 0.317. The molecule has 146 valence electrons. The molecule has 0 aliphatic carbocycles. The number of hydrogen-bond acceptors (Lipinski definition) is 6. The summed E-state index contributed by atoms with van der Waals surface area (Å²) in [5.74, 6) is -1.38. The summed E-state index contributed by atoms with van der Waals surface area (Å²) in [6.45, 7) is -0.0989. The Bertz CT molecular complexity index is 920. The van der Waals surface area contributed by atoms with Crippen molar-refractivity contribution in [2.24, 2.45) is 0 Å². The van der Waals surface area contributed by atoms with E-state index in [1.54, 1.807) is 12.1 Å². The fourth-order valence-corrected chi connectivity index (χ4v) is 3.73. The molecule has 1 aromatic carbocycles. The van der Waals surface area contributed by atoms with E-state index in [9.17, 15) is 18.0 Å². The highest BCUT2D eigenvalue weighted by atomic mass is 32.2. The standard InChI is InChI=1S/C17H20N2O7S/c1-27(23,24)19(11-16(20)21)10-13-9-18(6-7-25-13)17(22)15-8-12-4-2-3-5-14(12)26-15/h2-5,8,13H,6-7,9-11H2,1H3,(H,20,21). The molecule has 10 heteroatoms. The van der Waals surface area contributed by atoms with Gasteiger partial charge < -0.3 is 19.2 Å². The molecule has 1 unspecified atom stereocenters. The fraction of sp³-hybridized carbons (Fsp3) is 0.412. The van der Waals surface area contributed by atoms with Crippen LogP contribution in [0.2, 0.25) is 0 Å². The second-order valence-corrected chi connectivity index (χ2v) is 8.32. The van der Waals surface area contributed by atoms with Gasteiger partial charge in [0.25, 0.3) is 5.91 Å². The van der Waals surface area contributed by atoms with E-state index >= 15 is 0 Å². The second kappa shape index (κ2) is 7.67. The largest absolute Gasteiger partial charge is 0.480 e. The molecule has 9 nitrogen and oxygen atoms in total. The smallest absolute Gasteiger partial charge is 0.318 e. The lowest BCUT2D eigenvalue weighted by Gasteiger charge is -2.34. The van der Waals surface area contributed by atoms with Gasteiger partial charge in [-0.25, -0.2) is 8.42 Å². The summed E-state index contributed by atoms with van der Waals surface area (Å²) in [6, 6.07) is 8.93. The molecule has 1 aliphatic rings. The minimum Gasteiger partial charge on any atom is -0.480 e. The van der Waals surface area contributed by atoms with Crippen molar-refractivity contribution in [3.63, 3.8) is 0 Å². The predicted molar refractivity (Wildman–Crippen MR) is 95.9 cm³/mol. The Morgan fingerprint density at radius 3 is 2.74 bits per heavy atom. The van der Waals surface area contributed by atoms with Crippen LogP contribution < -0.4 is 0 Å². The number of nitrogens with zero attached hydrogens (tertiary/aromatic N) is 2. The van der Waals surface area contributed by atoms with Crippen molar-refractivity contribution in [2.75, 3.05) is 39.0 Å². The van der Waals surface area contributed by atoms with E-state index in [-0.39, 0.29) is 31.4 Å². The number of rotatable bonds is 6. The van der Waals surface area contributed by atoms with E-state index in [1.165, 1.54) is 4.90 Å². The summed E-state index contributed by atoms with van der Waals surface area (Å²) in [5.41, 5.74) is 0.607. The van der Waals surface area contributed by atoms with E-state index in [0.717, 1.165) is 15.9 Å². The van der Waals surface area contributed by atoms with Gasteiger partial charge in [0, 0.05) is 25.0 Å². The number of amides is 1. The summed E-state index contributed by atoms with van der Waals surface area (Å²) in [7, 11) is -3.72. The monoisotopic (exact) mass is 396 g/mol. The number of benzene rings is 1. The van der Waals surface area contributed by atoms with Crippen molar-refractivity contribution in [2.45, 2.75) is 6.10 Å². The van der Waals surface area contributed by atoms with E-state index in [0.29, 0.717) is 12.1 Å². The topological polar surface area (TPSA) is 117 Å². The molecule has 1 saturated heterocycles. The Morgan fingerprint density at radius 2 is 2.07 bits per heavy atom. The maximum absolute atomic E-state index is 12.7. The predicted octanol–water partition coefficient (Wildman–Crippen LogP) is 0.620. The number of ether oxygens (including phenoxy) is 1. The van der Waals surface area contributed by atoms with Crippen molar-refractivity contribution >= 4 is 32.9 Å². The van der Waals surface area contributed by atoms with Crippen molar-refractivity contribution in [3.8, 4) is 0 Å². The Morgan fingerprint density at radius 1 is 1.33 bits per heavy atom. The number of hydrogen-bond donors (Lipinski definition) is 1. The highest BCUT2D eigenvalue weighted by molar-refractivity contribution is 7.88. The SMILES string of the molecule is CS(=O)(=O)N(CC(=O)O)CC1CN(C(=O)c2cc3ccccc3o2)CCO1. The summed E-state index contributed by atoms with van der Waals surface area (Å²) in [4.78, 5) is 25.2. The quantitative estimate of drug-likeness (QED) is 0.760. The van der Waals surface area contributed by atoms with Crippen LogP contribution in [0, 0.1) is 0 Å². The zero-order valence-electron chi connectivity index (χ0n) is 14.7. The third-order valence-electron chi connectivity index (χ3n) is 4.25. The van der Waals surface area contributed by atoms with Crippen LogP contribution in [-0.2, 0) is 19.6 Å². The van der Waals surface area contributed by atoms with Gasteiger partial charge in [0.15, 0.2) is 5.76 Å². The second-order valence-electron chi connectivity index (χ2n) is 6.34. The van der Waals surface area contributed by atoms with E-state index in [4.69, 9.17) is 14.3 Å². The Labute approximate surface area is 156 Å². The molecule has 2 heterocycles. The molecule has 27 heavy (non-hydrogen) atoms. The zero-order chi connectivity index (χ0) is 19.6. The molecular weight excluding hydrogens is 376 g/mol. The van der Waals surface area contributed by atoms with E-state index in [2.05, 4.69) is 0 Å². The maximum Gasteiger partial charge on any atom is 0.318 e. The molecule has 1 N–H and O–H groups in total. The molecule has 0 saturated carbocycles. The number of para-hydroxylation sites is 1. The number of aliphatic carboxylic acids is 1. The van der Waals surface area contributed by atoms with Gasteiger partial charge in [0.2, 0.25) is 10.0 Å². The summed E-state index contributed by atoms with van der Waals surface area (Å²) < 4.78 is 35.5. The van der Waals surface area contributed by atoms with Gasteiger partial charge in [-0.05, 0) is 12.1 Å². The van der Waals surface area contributed by atoms with Crippen LogP contribution in [0.4, 0.5) is 0 Å². The summed E-state index contributed by atoms with van der Waals surface area (Å²) >= 11 is 0. The Balaban J connectivity index is 1.71. The number of fused-ring (bicyclic) bond motifs is 1. The highest BCUT2D eigenvalue weighted by Gasteiger charge is 2.31. The normalized spacial score (nSPS) is 18.1. The van der Waals surface area contributed by atoms with Crippen molar-refractivity contribution in [1.29, 1.82) is 0 Å². The molecule has 3 rings (SSSR count). The van der Waals surface area contributed by atoms with Gasteiger partial charge in [-0.2, -0.15) is 4.31 Å². The molecule has 1 atom stereocenters. The average Bonchev–Trinajstić information content (AvgIpc) is 3.04. The average molecular weight is 396 g/mol. The molecule has 0 spiro atoms. The van der Waals surface area contributed by atoms with E-state index < -0.39 is 28.6 Å². The van der Waals surface area contributed by atoms with Gasteiger partial charge in [-0.15, -0.1) is 0 Å². The van der Waals surface area contributed by atoms with Crippen molar-refractivity contribution in [1.82, 2.24) is 9.21 Å². The van der Waals surface area contributed by atoms with Crippen molar-refractivity contribution < 1.29 is 32.3 Å². The van der Waals surface area contributed by atoms with Gasteiger partial charge in [0.05, 0.1) is 19.0 Å². The minimum atomic E-state index is -3.72. The minimum absolute atomic E-state index is 0.140. The van der Waals surface area contributed by atoms with Crippen LogP contribution >= 0.6 is 0 Å². The molecule has 1 aromatic heterocycles. The van der Waals surface area contributed by atoms with Crippen LogP contribution in [-0.4, -0.2) is 79.8 Å². The Hall–Kier alpha value is -2.43. The van der Waals surface area contributed by atoms with Gasteiger partial charge in [0.1, 0.15) is 12.1 Å². The van der Waals surface area contributed by atoms with Gasteiger partial charge in [-0.3, -0.25) is 9.59 Å².